The van der Waals surface area contributed by atoms with Gasteiger partial charge in [-0.05, 0) is 58.7 Å². The summed E-state index contributed by atoms with van der Waals surface area (Å²) in [6.07, 6.45) is 1.94. The summed E-state index contributed by atoms with van der Waals surface area (Å²) in [5.74, 6) is 0. The molecule has 5 rings (SSSR count). The van der Waals surface area contributed by atoms with Crippen molar-refractivity contribution in [1.29, 1.82) is 0 Å². The van der Waals surface area contributed by atoms with Crippen LogP contribution in [0, 0.1) is 0 Å². The maximum atomic E-state index is 6.55. The molecule has 0 radical (unpaired) electrons. The number of aromatic nitrogens is 1. The number of hydrogen-bond acceptors (Lipinski definition) is 6. The van der Waals surface area contributed by atoms with Gasteiger partial charge in [0.15, 0.2) is 10.1 Å². The molecule has 0 aliphatic rings. The van der Waals surface area contributed by atoms with Gasteiger partial charge < -0.3 is 9.05 Å². The predicted molar refractivity (Wildman–Crippen MR) is 159 cm³/mol. The van der Waals surface area contributed by atoms with Crippen molar-refractivity contribution >= 4 is 57.8 Å². The highest BCUT2D eigenvalue weighted by Gasteiger charge is 2.26. The van der Waals surface area contributed by atoms with Gasteiger partial charge in [-0.15, -0.1) is 34.0 Å². The van der Waals surface area contributed by atoms with E-state index in [1.165, 1.54) is 15.1 Å². The Morgan fingerprint density at radius 2 is 1.25 bits per heavy atom. The van der Waals surface area contributed by atoms with Crippen molar-refractivity contribution in [2.45, 2.75) is 52.4 Å². The van der Waals surface area contributed by atoms with E-state index >= 15 is 0 Å². The Morgan fingerprint density at radius 3 is 1.81 bits per heavy atom. The maximum Gasteiger partial charge on any atom is 0.338 e. The van der Waals surface area contributed by atoms with Crippen molar-refractivity contribution in [2.75, 3.05) is 0 Å². The smallest absolute Gasteiger partial charge is 0.338 e. The highest BCUT2D eigenvalue weighted by Crippen LogP contribution is 2.48. The van der Waals surface area contributed by atoms with Gasteiger partial charge in [0.2, 0.25) is 0 Å². The van der Waals surface area contributed by atoms with Gasteiger partial charge in [0.25, 0.3) is 0 Å². The van der Waals surface area contributed by atoms with Crippen LogP contribution in [0.15, 0.2) is 72.9 Å². The molecule has 1 aromatic carbocycles. The van der Waals surface area contributed by atoms with Crippen LogP contribution in [0.2, 0.25) is 0 Å². The van der Waals surface area contributed by atoms with E-state index in [9.17, 15) is 0 Å². The molecule has 0 N–H and O–H groups in total. The second kappa shape index (κ2) is 9.90. The average Bonchev–Trinajstić information content (AvgIpc) is 3.58. The third-order valence-electron chi connectivity index (χ3n) is 5.64. The van der Waals surface area contributed by atoms with Crippen LogP contribution in [0.3, 0.4) is 0 Å². The van der Waals surface area contributed by atoms with Crippen LogP contribution in [0.25, 0.3) is 21.3 Å². The third kappa shape index (κ3) is 5.68. The van der Waals surface area contributed by atoms with Gasteiger partial charge in [0, 0.05) is 21.3 Å². The fourth-order valence-electron chi connectivity index (χ4n) is 3.60. The van der Waals surface area contributed by atoms with Gasteiger partial charge >= 0.3 is 8.38 Å². The van der Waals surface area contributed by atoms with E-state index in [0.717, 1.165) is 30.7 Å². The average molecular weight is 552 g/mol. The molecule has 186 valence electrons. The van der Waals surface area contributed by atoms with E-state index in [2.05, 4.69) is 102 Å². The first-order chi connectivity index (χ1) is 17.1. The van der Waals surface area contributed by atoms with Crippen LogP contribution >= 0.6 is 42.4 Å². The first-order valence-corrected chi connectivity index (χ1v) is 15.5. The van der Waals surface area contributed by atoms with Crippen molar-refractivity contribution < 1.29 is 9.05 Å². The van der Waals surface area contributed by atoms with Gasteiger partial charge in [0.05, 0.1) is 10.6 Å². The first-order valence-electron chi connectivity index (χ1n) is 11.9. The Hall–Kier alpha value is -2.24. The maximum absolute atomic E-state index is 6.55. The zero-order valence-electron chi connectivity index (χ0n) is 21.4. The minimum atomic E-state index is -1.35. The summed E-state index contributed by atoms with van der Waals surface area (Å²) in [6, 6.07) is 23.2. The topological polar surface area (TPSA) is 31.4 Å². The minimum Gasteiger partial charge on any atom is -0.424 e. The normalized spacial score (nSPS) is 12.4. The van der Waals surface area contributed by atoms with Crippen molar-refractivity contribution in [1.82, 2.24) is 4.98 Å². The zero-order chi connectivity index (χ0) is 25.5. The number of pyridine rings is 1. The Balaban J connectivity index is 1.46. The fourth-order valence-corrected chi connectivity index (χ4v) is 8.29. The molecule has 7 heteroatoms. The first kappa shape index (κ1) is 25.4. The molecule has 4 aromatic heterocycles. The van der Waals surface area contributed by atoms with E-state index in [-0.39, 0.29) is 10.8 Å². The fraction of sp³-hybridized carbons (Fsp3) is 0.276. The van der Waals surface area contributed by atoms with Crippen molar-refractivity contribution in [3.63, 3.8) is 0 Å². The summed E-state index contributed by atoms with van der Waals surface area (Å²) < 4.78 is 14.2. The van der Waals surface area contributed by atoms with Crippen LogP contribution in [0.1, 0.15) is 51.3 Å². The Kier molecular flexibility index (Phi) is 6.99. The third-order valence-corrected chi connectivity index (χ3v) is 11.5. The van der Waals surface area contributed by atoms with E-state index in [4.69, 9.17) is 14.0 Å². The van der Waals surface area contributed by atoms with Gasteiger partial charge in [-0.3, -0.25) is 4.98 Å². The van der Waals surface area contributed by atoms with E-state index < -0.39 is 8.38 Å². The molecule has 0 saturated heterocycles. The molecule has 0 fully saturated rings. The molecule has 0 atom stereocenters. The molecule has 0 aliphatic heterocycles. The molecular formula is C29H30NO2PS3. The molecule has 0 bridgehead atoms. The Morgan fingerprint density at radius 1 is 0.667 bits per heavy atom. The number of hydrogen-bond donors (Lipinski definition) is 0. The van der Waals surface area contributed by atoms with E-state index in [1.54, 1.807) is 34.0 Å². The molecule has 0 unspecified atom stereocenters. The number of thiophene rings is 3. The Labute approximate surface area is 226 Å². The summed E-state index contributed by atoms with van der Waals surface area (Å²) in [5, 5.41) is 4.11. The van der Waals surface area contributed by atoms with Crippen LogP contribution in [-0.4, -0.2) is 4.98 Å². The second-order valence-electron chi connectivity index (χ2n) is 10.7. The number of benzene rings is 1. The monoisotopic (exact) mass is 551 g/mol. The summed E-state index contributed by atoms with van der Waals surface area (Å²) in [5.41, 5.74) is 1.14. The van der Waals surface area contributed by atoms with Crippen LogP contribution in [0.4, 0.5) is 0 Å². The zero-order valence-corrected chi connectivity index (χ0v) is 24.7. The van der Waals surface area contributed by atoms with Gasteiger partial charge in [0.1, 0.15) is 4.62 Å². The standard InChI is InChI=1S/C29H30NO2PS3/c1-28(2,3)23-12-14-25(35-23)31-33(32-26-15-13-24(36-26)29(4,5)6)27-16-11-22(34-27)21-17-19-9-7-8-10-20(19)18-30-21/h7-18H,1-6H3. The van der Waals surface area contributed by atoms with Gasteiger partial charge in [-0.2, -0.15) is 0 Å². The summed E-state index contributed by atoms with van der Waals surface area (Å²) in [7, 11) is -1.35. The number of rotatable bonds is 6. The molecule has 3 nitrogen and oxygen atoms in total. The molecule has 0 amide bonds. The lowest BCUT2D eigenvalue weighted by molar-refractivity contribution is 0.518. The highest BCUT2D eigenvalue weighted by molar-refractivity contribution is 7.65. The quantitative estimate of drug-likeness (QED) is 0.197. The SMILES string of the molecule is CC(C)(C)c1ccc(OP(Oc2ccc(C(C)(C)C)s2)c2ccc(-c3cc4ccccc4cn3)s2)s1. The highest BCUT2D eigenvalue weighted by atomic mass is 32.1. The Bertz CT molecular complexity index is 1430. The summed E-state index contributed by atoms with van der Waals surface area (Å²) in [4.78, 5) is 8.42. The second-order valence-corrected chi connectivity index (χ2v) is 15.6. The largest absolute Gasteiger partial charge is 0.424 e. The number of fused-ring (bicyclic) bond motifs is 1. The molecule has 0 aliphatic carbocycles. The molecule has 5 aromatic rings. The van der Waals surface area contributed by atoms with E-state index in [1.807, 2.05) is 12.3 Å². The van der Waals surface area contributed by atoms with Crippen molar-refractivity contribution in [2.24, 2.45) is 0 Å². The summed E-state index contributed by atoms with van der Waals surface area (Å²) in [6.45, 7) is 13.4. The molecule has 4 heterocycles. The van der Waals surface area contributed by atoms with Gasteiger partial charge in [-0.1, -0.05) is 65.8 Å². The summed E-state index contributed by atoms with van der Waals surface area (Å²) >= 11 is 5.09. The number of nitrogens with zero attached hydrogens (tertiary/aromatic N) is 1. The lowest BCUT2D eigenvalue weighted by atomic mass is 9.95. The minimum absolute atomic E-state index is 0.0864. The van der Waals surface area contributed by atoms with Crippen LogP contribution in [-0.2, 0) is 10.8 Å². The molecule has 36 heavy (non-hydrogen) atoms. The van der Waals surface area contributed by atoms with Crippen molar-refractivity contribution in [3.05, 3.63) is 82.7 Å². The van der Waals surface area contributed by atoms with E-state index in [0.29, 0.717) is 0 Å². The molecule has 0 saturated carbocycles. The van der Waals surface area contributed by atoms with Crippen LogP contribution < -0.4 is 13.7 Å². The molecular weight excluding hydrogens is 521 g/mol. The lowest BCUT2D eigenvalue weighted by Crippen LogP contribution is -2.08. The van der Waals surface area contributed by atoms with Crippen molar-refractivity contribution in [3.8, 4) is 20.7 Å². The predicted octanol–water partition coefficient (Wildman–Crippen LogP) is 9.78. The lowest BCUT2D eigenvalue weighted by Gasteiger charge is -2.17. The van der Waals surface area contributed by atoms with Gasteiger partial charge in [-0.25, -0.2) is 0 Å². The van der Waals surface area contributed by atoms with Crippen LogP contribution in [0.5, 0.6) is 10.1 Å². The molecule has 0 spiro atoms.